The number of esters is 1. The van der Waals surface area contributed by atoms with Crippen LogP contribution < -0.4 is 11.5 Å². The van der Waals surface area contributed by atoms with E-state index >= 15 is 0 Å². The Labute approximate surface area is 69.8 Å². The van der Waals surface area contributed by atoms with Crippen LogP contribution in [0.25, 0.3) is 0 Å². The van der Waals surface area contributed by atoms with Crippen LogP contribution in [0.5, 0.6) is 0 Å². The molecule has 0 heterocycles. The SMILES string of the molecule is CC(OC(N)=O)OC(=O)C(C)N. The molecule has 0 spiro atoms. The molecule has 2 atom stereocenters. The Kier molecular flexibility index (Phi) is 4.06. The molecule has 6 heteroatoms. The van der Waals surface area contributed by atoms with Crippen molar-refractivity contribution in [2.24, 2.45) is 11.5 Å². The quantitative estimate of drug-likeness (QED) is 0.437. The van der Waals surface area contributed by atoms with Crippen LogP contribution in [0.4, 0.5) is 4.79 Å². The molecule has 12 heavy (non-hydrogen) atoms. The molecule has 70 valence electrons. The van der Waals surface area contributed by atoms with Crippen molar-refractivity contribution < 1.29 is 19.1 Å². The molecular weight excluding hydrogens is 164 g/mol. The minimum Gasteiger partial charge on any atom is -0.424 e. The first kappa shape index (κ1) is 10.7. The molecule has 0 aromatic carbocycles. The van der Waals surface area contributed by atoms with E-state index in [0.717, 1.165) is 0 Å². The highest BCUT2D eigenvalue weighted by atomic mass is 16.7. The van der Waals surface area contributed by atoms with Gasteiger partial charge in [-0.2, -0.15) is 0 Å². The summed E-state index contributed by atoms with van der Waals surface area (Å²) in [6.07, 6.45) is -2.00. The molecule has 0 saturated heterocycles. The van der Waals surface area contributed by atoms with Gasteiger partial charge in [0, 0.05) is 6.92 Å². The Hall–Kier alpha value is -1.30. The monoisotopic (exact) mass is 176 g/mol. The number of rotatable bonds is 3. The van der Waals surface area contributed by atoms with Crippen LogP contribution in [0.15, 0.2) is 0 Å². The first-order chi connectivity index (χ1) is 5.43. The number of ether oxygens (including phenoxy) is 2. The Morgan fingerprint density at radius 3 is 2.08 bits per heavy atom. The van der Waals surface area contributed by atoms with Gasteiger partial charge in [0.15, 0.2) is 0 Å². The molecule has 2 unspecified atom stereocenters. The molecular formula is C6H12N2O4. The molecule has 0 aromatic rings. The fourth-order valence-electron chi connectivity index (χ4n) is 0.459. The maximum Gasteiger partial charge on any atom is 0.407 e. The Balaban J connectivity index is 3.76. The summed E-state index contributed by atoms with van der Waals surface area (Å²) in [5.74, 6) is -0.649. The summed E-state index contributed by atoms with van der Waals surface area (Å²) in [4.78, 5) is 20.9. The first-order valence-corrected chi connectivity index (χ1v) is 3.35. The molecule has 0 aromatic heterocycles. The van der Waals surface area contributed by atoms with Gasteiger partial charge in [-0.05, 0) is 6.92 Å². The predicted molar refractivity (Wildman–Crippen MR) is 39.9 cm³/mol. The summed E-state index contributed by atoms with van der Waals surface area (Å²) in [6, 6.07) is -0.746. The molecule has 0 aliphatic heterocycles. The average Bonchev–Trinajstić information content (AvgIpc) is 1.84. The highest BCUT2D eigenvalue weighted by Gasteiger charge is 2.14. The molecule has 0 aliphatic carbocycles. The van der Waals surface area contributed by atoms with Crippen molar-refractivity contribution in [2.75, 3.05) is 0 Å². The summed E-state index contributed by atoms with van der Waals surface area (Å²) in [5.41, 5.74) is 9.83. The maximum atomic E-state index is 10.8. The minimum atomic E-state index is -1.00. The standard InChI is InChI=1S/C6H12N2O4/c1-3(7)5(9)11-4(2)12-6(8)10/h3-4H,7H2,1-2H3,(H2,8,10). The molecule has 1 amide bonds. The predicted octanol–water partition coefficient (Wildman–Crippen LogP) is -0.682. The van der Waals surface area contributed by atoms with Crippen LogP contribution in [-0.4, -0.2) is 24.4 Å². The number of carbonyl (C=O) groups excluding carboxylic acids is 2. The first-order valence-electron chi connectivity index (χ1n) is 3.35. The van der Waals surface area contributed by atoms with Crippen LogP contribution in [0.2, 0.25) is 0 Å². The molecule has 0 bridgehead atoms. The maximum absolute atomic E-state index is 10.8. The minimum absolute atomic E-state index is 0.649. The number of hydrogen-bond acceptors (Lipinski definition) is 5. The zero-order valence-electron chi connectivity index (χ0n) is 6.94. The van der Waals surface area contributed by atoms with Crippen LogP contribution in [0.3, 0.4) is 0 Å². The van der Waals surface area contributed by atoms with E-state index in [2.05, 4.69) is 15.2 Å². The summed E-state index contributed by atoms with van der Waals surface area (Å²) in [7, 11) is 0. The van der Waals surface area contributed by atoms with Gasteiger partial charge in [0.05, 0.1) is 0 Å². The fourth-order valence-corrected chi connectivity index (χ4v) is 0.459. The van der Waals surface area contributed by atoms with Crippen LogP contribution in [0.1, 0.15) is 13.8 Å². The molecule has 6 nitrogen and oxygen atoms in total. The van der Waals surface area contributed by atoms with E-state index in [1.165, 1.54) is 13.8 Å². The van der Waals surface area contributed by atoms with Crippen LogP contribution >= 0.6 is 0 Å². The number of hydrogen-bond donors (Lipinski definition) is 2. The lowest BCUT2D eigenvalue weighted by Crippen LogP contribution is -2.33. The van der Waals surface area contributed by atoms with Gasteiger partial charge in [-0.1, -0.05) is 0 Å². The number of primary amides is 1. The Morgan fingerprint density at radius 2 is 1.75 bits per heavy atom. The number of nitrogens with two attached hydrogens (primary N) is 2. The highest BCUT2D eigenvalue weighted by molar-refractivity contribution is 5.75. The molecule has 0 rings (SSSR count). The molecule has 0 aliphatic rings. The van der Waals surface area contributed by atoms with Gasteiger partial charge in [0.2, 0.25) is 6.29 Å². The average molecular weight is 176 g/mol. The summed E-state index contributed by atoms with van der Waals surface area (Å²) < 4.78 is 8.85. The lowest BCUT2D eigenvalue weighted by atomic mass is 10.4. The van der Waals surface area contributed by atoms with Gasteiger partial charge < -0.3 is 20.9 Å². The number of carbonyl (C=O) groups is 2. The van der Waals surface area contributed by atoms with Crippen molar-refractivity contribution in [1.29, 1.82) is 0 Å². The van der Waals surface area contributed by atoms with Crippen molar-refractivity contribution >= 4 is 12.1 Å². The van der Waals surface area contributed by atoms with Gasteiger partial charge in [0.25, 0.3) is 0 Å². The second kappa shape index (κ2) is 4.55. The van der Waals surface area contributed by atoms with E-state index < -0.39 is 24.4 Å². The second-order valence-corrected chi connectivity index (χ2v) is 2.23. The van der Waals surface area contributed by atoms with E-state index in [4.69, 9.17) is 5.73 Å². The van der Waals surface area contributed by atoms with Crippen molar-refractivity contribution in [2.45, 2.75) is 26.2 Å². The van der Waals surface area contributed by atoms with E-state index in [9.17, 15) is 9.59 Å². The third-order valence-corrected chi connectivity index (χ3v) is 0.936. The van der Waals surface area contributed by atoms with Gasteiger partial charge in [-0.25, -0.2) is 4.79 Å². The normalized spacial score (nSPS) is 14.6. The van der Waals surface area contributed by atoms with Crippen molar-refractivity contribution in [3.8, 4) is 0 Å². The Morgan fingerprint density at radius 1 is 1.25 bits per heavy atom. The fraction of sp³-hybridized carbons (Fsp3) is 0.667. The lowest BCUT2D eigenvalue weighted by Gasteiger charge is -2.13. The summed E-state index contributed by atoms with van der Waals surface area (Å²) in [6.45, 7) is 2.82. The topological polar surface area (TPSA) is 105 Å². The molecule has 4 N–H and O–H groups in total. The summed E-state index contributed by atoms with van der Waals surface area (Å²) in [5, 5.41) is 0. The summed E-state index contributed by atoms with van der Waals surface area (Å²) >= 11 is 0. The van der Waals surface area contributed by atoms with Gasteiger partial charge in [-0.3, -0.25) is 4.79 Å². The van der Waals surface area contributed by atoms with E-state index in [0.29, 0.717) is 0 Å². The smallest absolute Gasteiger partial charge is 0.407 e. The highest BCUT2D eigenvalue weighted by Crippen LogP contribution is 1.95. The third-order valence-electron chi connectivity index (χ3n) is 0.936. The third kappa shape index (κ3) is 4.51. The van der Waals surface area contributed by atoms with Crippen LogP contribution in [0, 0.1) is 0 Å². The zero-order chi connectivity index (χ0) is 9.72. The van der Waals surface area contributed by atoms with E-state index in [-0.39, 0.29) is 0 Å². The van der Waals surface area contributed by atoms with Gasteiger partial charge in [0.1, 0.15) is 6.04 Å². The molecule has 0 fully saturated rings. The lowest BCUT2D eigenvalue weighted by molar-refractivity contribution is -0.165. The van der Waals surface area contributed by atoms with Gasteiger partial charge >= 0.3 is 12.1 Å². The van der Waals surface area contributed by atoms with Crippen molar-refractivity contribution in [1.82, 2.24) is 0 Å². The van der Waals surface area contributed by atoms with Crippen LogP contribution in [-0.2, 0) is 14.3 Å². The number of amides is 1. The largest absolute Gasteiger partial charge is 0.424 e. The molecule has 0 radical (unpaired) electrons. The van der Waals surface area contributed by atoms with E-state index in [1.807, 2.05) is 0 Å². The molecule has 0 saturated carbocycles. The zero-order valence-corrected chi connectivity index (χ0v) is 6.94. The van der Waals surface area contributed by atoms with E-state index in [1.54, 1.807) is 0 Å². The Bertz CT molecular complexity index is 180. The van der Waals surface area contributed by atoms with Crippen molar-refractivity contribution in [3.05, 3.63) is 0 Å². The van der Waals surface area contributed by atoms with Crippen molar-refractivity contribution in [3.63, 3.8) is 0 Å². The second-order valence-electron chi connectivity index (χ2n) is 2.23. The van der Waals surface area contributed by atoms with Gasteiger partial charge in [-0.15, -0.1) is 0 Å².